The van der Waals surface area contributed by atoms with E-state index in [1.165, 1.54) is 6.08 Å². The number of halogens is 1. The minimum atomic E-state index is -0.153. The van der Waals surface area contributed by atoms with E-state index in [2.05, 4.69) is 10.3 Å². The van der Waals surface area contributed by atoms with Gasteiger partial charge >= 0.3 is 0 Å². The number of hydrogen-bond acceptors (Lipinski definition) is 6. The van der Waals surface area contributed by atoms with Crippen LogP contribution in [0.5, 0.6) is 11.5 Å². The third kappa shape index (κ3) is 6.19. The van der Waals surface area contributed by atoms with E-state index in [9.17, 15) is 9.59 Å². The number of aromatic nitrogens is 1. The predicted octanol–water partition coefficient (Wildman–Crippen LogP) is 2.58. The van der Waals surface area contributed by atoms with Crippen molar-refractivity contribution in [2.45, 2.75) is 13.1 Å². The zero-order valence-corrected chi connectivity index (χ0v) is 18.9. The molecule has 0 bridgehead atoms. The van der Waals surface area contributed by atoms with E-state index in [1.807, 2.05) is 36.2 Å². The fourth-order valence-electron chi connectivity index (χ4n) is 3.25. The van der Waals surface area contributed by atoms with E-state index < -0.39 is 0 Å². The first-order valence-electron chi connectivity index (χ1n) is 9.51. The summed E-state index contributed by atoms with van der Waals surface area (Å²) in [6.45, 7) is 1.30. The number of methoxy groups -OCH3 is 2. The Hall–Kier alpha value is -3.10. The zero-order chi connectivity index (χ0) is 21.7. The van der Waals surface area contributed by atoms with Crippen LogP contribution in [-0.2, 0) is 22.7 Å². The number of ether oxygens (including phenoxy) is 2. The Bertz CT molecular complexity index is 980. The Morgan fingerprint density at radius 1 is 1.26 bits per heavy atom. The maximum absolute atomic E-state index is 12.6. The highest BCUT2D eigenvalue weighted by Gasteiger charge is 2.17. The number of nitrogens with one attached hydrogen (secondary N) is 1. The summed E-state index contributed by atoms with van der Waals surface area (Å²) in [6.07, 6.45) is 4.87. The van der Waals surface area contributed by atoms with Crippen molar-refractivity contribution in [1.29, 1.82) is 0 Å². The quantitative estimate of drug-likeness (QED) is 0.686. The molecule has 1 aliphatic heterocycles. The van der Waals surface area contributed by atoms with E-state index in [1.54, 1.807) is 38.4 Å². The number of hydrogen-bond donors (Lipinski definition) is 1. The number of anilines is 1. The van der Waals surface area contributed by atoms with Crippen LogP contribution in [0.1, 0.15) is 16.7 Å². The molecular weight excluding hydrogens is 420 g/mol. The molecule has 0 atom stereocenters. The van der Waals surface area contributed by atoms with E-state index in [0.717, 1.165) is 16.7 Å². The summed E-state index contributed by atoms with van der Waals surface area (Å²) in [5.41, 5.74) is 2.55. The van der Waals surface area contributed by atoms with Gasteiger partial charge in [0.15, 0.2) is 0 Å². The topological polar surface area (TPSA) is 84.0 Å². The average Bonchev–Trinajstić information content (AvgIpc) is 2.87. The van der Waals surface area contributed by atoms with Gasteiger partial charge in [-0.1, -0.05) is 0 Å². The molecule has 1 N–H and O–H groups in total. The highest BCUT2D eigenvalue weighted by atomic mass is 35.5. The summed E-state index contributed by atoms with van der Waals surface area (Å²) in [4.78, 5) is 32.2. The monoisotopic (exact) mass is 446 g/mol. The molecule has 0 radical (unpaired) electrons. The molecular formula is C22H27ClN4O4. The predicted molar refractivity (Wildman–Crippen MR) is 122 cm³/mol. The summed E-state index contributed by atoms with van der Waals surface area (Å²) >= 11 is 0. The molecule has 166 valence electrons. The Kier molecular flexibility index (Phi) is 8.41. The molecule has 2 heterocycles. The van der Waals surface area contributed by atoms with Crippen LogP contribution < -0.4 is 14.8 Å². The lowest BCUT2D eigenvalue weighted by Gasteiger charge is -2.18. The van der Waals surface area contributed by atoms with Gasteiger partial charge < -0.3 is 19.7 Å². The summed E-state index contributed by atoms with van der Waals surface area (Å²) in [7, 11) is 6.80. The van der Waals surface area contributed by atoms with Gasteiger partial charge in [-0.25, -0.2) is 4.98 Å². The lowest BCUT2D eigenvalue weighted by molar-refractivity contribution is -0.125. The second-order valence-electron chi connectivity index (χ2n) is 7.20. The first-order chi connectivity index (χ1) is 14.4. The van der Waals surface area contributed by atoms with Gasteiger partial charge in [-0.2, -0.15) is 0 Å². The van der Waals surface area contributed by atoms with Crippen molar-refractivity contribution in [3.8, 4) is 11.5 Å². The molecule has 2 amide bonds. The number of likely N-dealkylation sites (N-methyl/N-ethyl adjacent to an activating group) is 2. The van der Waals surface area contributed by atoms with Gasteiger partial charge in [0.2, 0.25) is 11.8 Å². The van der Waals surface area contributed by atoms with Crippen molar-refractivity contribution in [3.63, 3.8) is 0 Å². The van der Waals surface area contributed by atoms with Gasteiger partial charge in [0.1, 0.15) is 17.3 Å². The van der Waals surface area contributed by atoms with Gasteiger partial charge in [-0.05, 0) is 43.0 Å². The minimum Gasteiger partial charge on any atom is -0.497 e. The van der Waals surface area contributed by atoms with Crippen molar-refractivity contribution in [2.75, 3.05) is 40.2 Å². The second-order valence-corrected chi connectivity index (χ2v) is 7.20. The molecule has 1 aromatic heterocycles. The Labute approximate surface area is 188 Å². The van der Waals surface area contributed by atoms with Crippen LogP contribution in [0.4, 0.5) is 5.82 Å². The molecule has 1 aromatic carbocycles. The maximum Gasteiger partial charge on any atom is 0.246 e. The molecule has 2 aromatic rings. The molecule has 1 aliphatic rings. The third-order valence-corrected chi connectivity index (χ3v) is 4.79. The maximum atomic E-state index is 12.6. The van der Waals surface area contributed by atoms with Crippen molar-refractivity contribution >= 4 is 36.1 Å². The molecule has 9 heteroatoms. The number of amides is 2. The van der Waals surface area contributed by atoms with Crippen LogP contribution in [0.3, 0.4) is 0 Å². The number of rotatable bonds is 6. The smallest absolute Gasteiger partial charge is 0.246 e. The fraction of sp³-hybridized carbons (Fsp3) is 0.318. The van der Waals surface area contributed by atoms with Gasteiger partial charge in [-0.15, -0.1) is 12.4 Å². The Balaban J connectivity index is 0.00000341. The van der Waals surface area contributed by atoms with E-state index >= 15 is 0 Å². The van der Waals surface area contributed by atoms with E-state index in [-0.39, 0.29) is 24.2 Å². The number of benzene rings is 1. The van der Waals surface area contributed by atoms with E-state index in [4.69, 9.17) is 9.47 Å². The van der Waals surface area contributed by atoms with Crippen molar-refractivity contribution in [1.82, 2.24) is 14.8 Å². The van der Waals surface area contributed by atoms with Crippen LogP contribution >= 0.6 is 12.4 Å². The molecule has 0 spiro atoms. The average molecular weight is 447 g/mol. The molecule has 8 nitrogen and oxygen atoms in total. The van der Waals surface area contributed by atoms with Crippen LogP contribution in [0, 0.1) is 0 Å². The summed E-state index contributed by atoms with van der Waals surface area (Å²) in [6, 6.07) is 7.42. The number of carbonyl (C=O) groups excluding carboxylic acids is 2. The third-order valence-electron chi connectivity index (χ3n) is 4.79. The summed E-state index contributed by atoms with van der Waals surface area (Å²) in [5, 5.41) is 2.80. The summed E-state index contributed by atoms with van der Waals surface area (Å²) < 4.78 is 10.6. The highest BCUT2D eigenvalue weighted by Crippen LogP contribution is 2.25. The fourth-order valence-corrected chi connectivity index (χ4v) is 3.25. The highest BCUT2D eigenvalue weighted by molar-refractivity contribution is 5.93. The normalized spacial score (nSPS) is 13.6. The van der Waals surface area contributed by atoms with Crippen LogP contribution in [-0.4, -0.2) is 61.5 Å². The van der Waals surface area contributed by atoms with Gasteiger partial charge in [0, 0.05) is 43.5 Å². The van der Waals surface area contributed by atoms with Crippen molar-refractivity contribution in [3.05, 3.63) is 53.2 Å². The number of fused-ring (bicyclic) bond motifs is 1. The summed E-state index contributed by atoms with van der Waals surface area (Å²) in [5.74, 6) is 1.72. The molecule has 0 saturated heterocycles. The number of nitrogens with zero attached hydrogens (tertiary/aromatic N) is 3. The Morgan fingerprint density at radius 3 is 2.74 bits per heavy atom. The SMILES string of the molecule is COc1ccc(OC)c(CN(C)C(=O)C=Cc2cnc3c(c2)CN(C)CC(=O)N3)c1.Cl. The van der Waals surface area contributed by atoms with Gasteiger partial charge in [-0.3, -0.25) is 14.5 Å². The van der Waals surface area contributed by atoms with Crippen LogP contribution in [0.25, 0.3) is 6.08 Å². The number of carbonyl (C=O) groups is 2. The van der Waals surface area contributed by atoms with Crippen molar-refractivity contribution < 1.29 is 19.1 Å². The van der Waals surface area contributed by atoms with Crippen molar-refractivity contribution in [2.24, 2.45) is 0 Å². The van der Waals surface area contributed by atoms with Crippen LogP contribution in [0.2, 0.25) is 0 Å². The largest absolute Gasteiger partial charge is 0.497 e. The van der Waals surface area contributed by atoms with E-state index in [0.29, 0.717) is 37.0 Å². The molecule has 0 fully saturated rings. The first kappa shape index (κ1) is 24.2. The molecule has 3 rings (SSSR count). The van der Waals surface area contributed by atoms with Crippen LogP contribution in [0.15, 0.2) is 36.5 Å². The minimum absolute atomic E-state index is 0. The first-order valence-corrected chi connectivity index (χ1v) is 9.51. The zero-order valence-electron chi connectivity index (χ0n) is 18.0. The molecule has 0 aliphatic carbocycles. The molecule has 0 saturated carbocycles. The standard InChI is InChI=1S/C22H26N4O4.ClH/c1-25-12-17-9-15(11-23-22(17)24-20(27)14-25)5-8-21(28)26(2)13-16-10-18(29-3)6-7-19(16)30-4;/h5-11H,12-14H2,1-4H3,(H,23,24,27);1H. The lowest BCUT2D eigenvalue weighted by atomic mass is 10.1. The lowest BCUT2D eigenvalue weighted by Crippen LogP contribution is -2.26. The number of pyridine rings is 1. The second kappa shape index (κ2) is 10.8. The van der Waals surface area contributed by atoms with Gasteiger partial charge in [0.25, 0.3) is 0 Å². The molecule has 0 unspecified atom stereocenters. The molecule has 31 heavy (non-hydrogen) atoms. The van der Waals surface area contributed by atoms with Gasteiger partial charge in [0.05, 0.1) is 20.8 Å². The Morgan fingerprint density at radius 2 is 2.03 bits per heavy atom.